The van der Waals surface area contributed by atoms with Gasteiger partial charge in [0.15, 0.2) is 0 Å². The molecule has 1 aromatic carbocycles. The molecule has 1 atom stereocenters. The second-order valence-corrected chi connectivity index (χ2v) is 6.20. The maximum absolute atomic E-state index is 12.7. The number of anilines is 1. The maximum atomic E-state index is 12.7. The minimum atomic E-state index is -0.271. The van der Waals surface area contributed by atoms with Crippen LogP contribution in [0.25, 0.3) is 0 Å². The predicted molar refractivity (Wildman–Crippen MR) is 96.2 cm³/mol. The molecule has 0 spiro atoms. The molecular formula is C18H28ClFN2O. The Kier molecular flexibility index (Phi) is 8.56. The van der Waals surface area contributed by atoms with Crippen LogP contribution >= 0.6 is 12.4 Å². The van der Waals surface area contributed by atoms with Gasteiger partial charge >= 0.3 is 0 Å². The standard InChI is InChI=1S/C18H27FN2O.ClH/c1-14-8-7-9-15(2)17(14)20-18(22)16-10-3-5-12-21(16)13-6-4-11-19;/h7-9,16H,3-6,10-13H2,1-2H3,(H,20,22);1H/t16-;/m0./s1. The van der Waals surface area contributed by atoms with Gasteiger partial charge in [-0.25, -0.2) is 0 Å². The molecule has 1 fully saturated rings. The summed E-state index contributed by atoms with van der Waals surface area (Å²) in [5, 5.41) is 3.11. The molecule has 1 aliphatic heterocycles. The van der Waals surface area contributed by atoms with Crippen molar-refractivity contribution in [1.29, 1.82) is 0 Å². The lowest BCUT2D eigenvalue weighted by Crippen LogP contribution is -2.47. The Balaban J connectivity index is 0.00000264. The van der Waals surface area contributed by atoms with Gasteiger partial charge in [0, 0.05) is 5.69 Å². The number of rotatable bonds is 6. The summed E-state index contributed by atoms with van der Waals surface area (Å²) in [4.78, 5) is 14.9. The number of hydrogen-bond donors (Lipinski definition) is 1. The molecule has 0 unspecified atom stereocenters. The molecule has 0 bridgehead atoms. The average Bonchev–Trinajstić information content (AvgIpc) is 2.51. The van der Waals surface area contributed by atoms with Gasteiger partial charge in [-0.2, -0.15) is 0 Å². The van der Waals surface area contributed by atoms with Crippen molar-refractivity contribution in [3.63, 3.8) is 0 Å². The molecule has 130 valence electrons. The summed E-state index contributed by atoms with van der Waals surface area (Å²) < 4.78 is 12.3. The lowest BCUT2D eigenvalue weighted by Gasteiger charge is -2.34. The van der Waals surface area contributed by atoms with Crippen molar-refractivity contribution in [3.05, 3.63) is 29.3 Å². The molecular weight excluding hydrogens is 315 g/mol. The van der Waals surface area contributed by atoms with Crippen molar-refractivity contribution in [2.75, 3.05) is 25.1 Å². The summed E-state index contributed by atoms with van der Waals surface area (Å²) in [6, 6.07) is 5.96. The number of piperidine rings is 1. The lowest BCUT2D eigenvalue weighted by molar-refractivity contribution is -0.122. The number of carbonyl (C=O) groups excluding carboxylic acids is 1. The third kappa shape index (κ3) is 5.47. The third-order valence-electron chi connectivity index (χ3n) is 4.47. The van der Waals surface area contributed by atoms with E-state index in [4.69, 9.17) is 0 Å². The number of hydrogen-bond acceptors (Lipinski definition) is 2. The van der Waals surface area contributed by atoms with E-state index < -0.39 is 0 Å². The first-order valence-electron chi connectivity index (χ1n) is 8.30. The normalized spacial score (nSPS) is 18.3. The van der Waals surface area contributed by atoms with Gasteiger partial charge in [0.25, 0.3) is 0 Å². The van der Waals surface area contributed by atoms with Gasteiger partial charge in [-0.1, -0.05) is 24.6 Å². The van der Waals surface area contributed by atoms with Crippen molar-refractivity contribution < 1.29 is 9.18 Å². The molecule has 0 radical (unpaired) electrons. The fourth-order valence-corrected chi connectivity index (χ4v) is 3.18. The zero-order valence-electron chi connectivity index (χ0n) is 14.1. The van der Waals surface area contributed by atoms with Gasteiger partial charge in [-0.15, -0.1) is 12.4 Å². The second kappa shape index (κ2) is 9.89. The molecule has 2 rings (SSSR count). The molecule has 1 aliphatic rings. The van der Waals surface area contributed by atoms with Gasteiger partial charge < -0.3 is 5.32 Å². The number of para-hydroxylation sites is 1. The second-order valence-electron chi connectivity index (χ2n) is 6.20. The van der Waals surface area contributed by atoms with E-state index in [2.05, 4.69) is 10.2 Å². The number of alkyl halides is 1. The molecule has 3 nitrogen and oxygen atoms in total. The Labute approximate surface area is 145 Å². The lowest BCUT2D eigenvalue weighted by atomic mass is 10.00. The first-order chi connectivity index (χ1) is 10.6. The Morgan fingerprint density at radius 2 is 1.96 bits per heavy atom. The van der Waals surface area contributed by atoms with Crippen LogP contribution < -0.4 is 5.32 Å². The van der Waals surface area contributed by atoms with E-state index in [0.717, 1.165) is 55.6 Å². The molecule has 5 heteroatoms. The van der Waals surface area contributed by atoms with Crippen molar-refractivity contribution in [2.24, 2.45) is 0 Å². The van der Waals surface area contributed by atoms with Crippen LogP contribution in [-0.4, -0.2) is 36.6 Å². The molecule has 23 heavy (non-hydrogen) atoms. The number of aryl methyl sites for hydroxylation is 2. The van der Waals surface area contributed by atoms with Crippen LogP contribution in [0.3, 0.4) is 0 Å². The summed E-state index contributed by atoms with van der Waals surface area (Å²) in [7, 11) is 0. The number of carbonyl (C=O) groups is 1. The molecule has 0 saturated carbocycles. The number of likely N-dealkylation sites (tertiary alicyclic amines) is 1. The van der Waals surface area contributed by atoms with Gasteiger partial charge in [0.1, 0.15) is 0 Å². The summed E-state index contributed by atoms with van der Waals surface area (Å²) in [5.41, 5.74) is 3.11. The average molecular weight is 343 g/mol. The molecule has 1 saturated heterocycles. The van der Waals surface area contributed by atoms with Crippen molar-refractivity contribution in [1.82, 2.24) is 4.90 Å². The fourth-order valence-electron chi connectivity index (χ4n) is 3.18. The van der Waals surface area contributed by atoms with Crippen LogP contribution in [0.15, 0.2) is 18.2 Å². The zero-order chi connectivity index (χ0) is 15.9. The third-order valence-corrected chi connectivity index (χ3v) is 4.47. The van der Waals surface area contributed by atoms with E-state index in [9.17, 15) is 9.18 Å². The Morgan fingerprint density at radius 1 is 1.26 bits per heavy atom. The first-order valence-corrected chi connectivity index (χ1v) is 8.30. The van der Waals surface area contributed by atoms with Gasteiger partial charge in [-0.05, 0) is 63.7 Å². The van der Waals surface area contributed by atoms with Crippen LogP contribution in [0.2, 0.25) is 0 Å². The summed E-state index contributed by atoms with van der Waals surface area (Å²) >= 11 is 0. The predicted octanol–water partition coefficient (Wildman–Crippen LogP) is 4.27. The molecule has 0 aromatic heterocycles. The van der Waals surface area contributed by atoms with E-state index in [-0.39, 0.29) is 31.0 Å². The first kappa shape index (κ1) is 19.9. The van der Waals surface area contributed by atoms with Gasteiger partial charge in [-0.3, -0.25) is 14.1 Å². The minimum Gasteiger partial charge on any atom is -0.324 e. The van der Waals surface area contributed by atoms with Crippen molar-refractivity contribution >= 4 is 24.0 Å². The van der Waals surface area contributed by atoms with E-state index in [1.807, 2.05) is 32.0 Å². The van der Waals surface area contributed by atoms with Crippen LogP contribution in [0.5, 0.6) is 0 Å². The summed E-state index contributed by atoms with van der Waals surface area (Å²) in [6.45, 7) is 5.52. The quantitative estimate of drug-likeness (QED) is 0.783. The van der Waals surface area contributed by atoms with E-state index in [1.54, 1.807) is 0 Å². The SMILES string of the molecule is Cc1cccc(C)c1NC(=O)[C@@H]1CCCCN1CCCCF.Cl. The van der Waals surface area contributed by atoms with E-state index in [0.29, 0.717) is 6.42 Å². The number of nitrogens with zero attached hydrogens (tertiary/aromatic N) is 1. The highest BCUT2D eigenvalue weighted by Gasteiger charge is 2.28. The van der Waals surface area contributed by atoms with Gasteiger partial charge in [0.2, 0.25) is 5.91 Å². The van der Waals surface area contributed by atoms with E-state index >= 15 is 0 Å². The van der Waals surface area contributed by atoms with Crippen molar-refractivity contribution in [2.45, 2.75) is 52.0 Å². The van der Waals surface area contributed by atoms with Crippen LogP contribution in [0.4, 0.5) is 10.1 Å². The Morgan fingerprint density at radius 3 is 2.61 bits per heavy atom. The summed E-state index contributed by atoms with van der Waals surface area (Å²) in [6.07, 6.45) is 4.52. The number of halogens is 2. The number of amides is 1. The topological polar surface area (TPSA) is 32.3 Å². The molecule has 1 heterocycles. The number of unbranched alkanes of at least 4 members (excludes halogenated alkanes) is 1. The number of benzene rings is 1. The van der Waals surface area contributed by atoms with Crippen LogP contribution in [0.1, 0.15) is 43.2 Å². The molecule has 0 aliphatic carbocycles. The Hall–Kier alpha value is -1.13. The van der Waals surface area contributed by atoms with E-state index in [1.165, 1.54) is 0 Å². The fraction of sp³-hybridized carbons (Fsp3) is 0.611. The maximum Gasteiger partial charge on any atom is 0.241 e. The van der Waals surface area contributed by atoms with Gasteiger partial charge in [0.05, 0.1) is 12.7 Å². The Bertz CT molecular complexity index is 490. The largest absolute Gasteiger partial charge is 0.324 e. The highest BCUT2D eigenvalue weighted by molar-refractivity contribution is 5.96. The molecule has 1 N–H and O–H groups in total. The summed E-state index contributed by atoms with van der Waals surface area (Å²) in [5.74, 6) is 0.0809. The molecule has 1 amide bonds. The van der Waals surface area contributed by atoms with Crippen LogP contribution in [-0.2, 0) is 4.79 Å². The highest BCUT2D eigenvalue weighted by atomic mass is 35.5. The smallest absolute Gasteiger partial charge is 0.241 e. The minimum absolute atomic E-state index is 0. The zero-order valence-corrected chi connectivity index (χ0v) is 14.9. The molecule has 1 aromatic rings. The van der Waals surface area contributed by atoms with Crippen molar-refractivity contribution in [3.8, 4) is 0 Å². The number of nitrogens with one attached hydrogen (secondary N) is 1. The van der Waals surface area contributed by atoms with Crippen LogP contribution in [0, 0.1) is 13.8 Å². The monoisotopic (exact) mass is 342 g/mol. The highest BCUT2D eigenvalue weighted by Crippen LogP contribution is 2.23.